The van der Waals surface area contributed by atoms with Crippen molar-refractivity contribution in [1.82, 2.24) is 4.72 Å². The minimum absolute atomic E-state index is 0.470. The Morgan fingerprint density at radius 3 is 2.36 bits per heavy atom. The highest BCUT2D eigenvalue weighted by Gasteiger charge is 2.16. The maximum atomic E-state index is 12.5. The number of benzene rings is 2. The Balaban J connectivity index is 2.15. The van der Waals surface area contributed by atoms with Gasteiger partial charge in [0.15, 0.2) is 0 Å². The van der Waals surface area contributed by atoms with E-state index in [1.165, 1.54) is 0 Å². The third-order valence-electron chi connectivity index (χ3n) is 3.26. The minimum Gasteiger partial charge on any atom is -0.496 e. The normalized spacial score (nSPS) is 12.0. The second-order valence-corrected chi connectivity index (χ2v) is 6.34. The number of nitrogens with one attached hydrogen (secondary N) is 1. The Kier molecular flexibility index (Phi) is 5.83. The molecule has 0 saturated heterocycles. The fraction of sp³-hybridized carbons (Fsp3) is 0.250. The summed E-state index contributed by atoms with van der Waals surface area (Å²) in [7, 11) is 1.77. The quantitative estimate of drug-likeness (QED) is 0.876. The Labute approximate surface area is 138 Å². The Bertz CT molecular complexity index is 674. The van der Waals surface area contributed by atoms with Crippen LogP contribution in [0.2, 0.25) is 5.02 Å². The number of hydrogen-bond donors (Lipinski definition) is 1. The summed E-state index contributed by atoms with van der Waals surface area (Å²) >= 11 is 5.85. The van der Waals surface area contributed by atoms with E-state index in [9.17, 15) is 4.21 Å². The van der Waals surface area contributed by atoms with Crippen LogP contribution in [0.3, 0.4) is 0 Å². The van der Waals surface area contributed by atoms with E-state index in [1.807, 2.05) is 19.1 Å². The maximum Gasteiger partial charge on any atom is 0.142 e. The van der Waals surface area contributed by atoms with Gasteiger partial charge < -0.3 is 9.47 Å². The lowest BCUT2D eigenvalue weighted by atomic mass is 10.2. The largest absolute Gasteiger partial charge is 0.496 e. The van der Waals surface area contributed by atoms with Crippen LogP contribution in [0.5, 0.6) is 11.5 Å². The van der Waals surface area contributed by atoms with Crippen molar-refractivity contribution in [2.45, 2.75) is 18.4 Å². The average molecular weight is 340 g/mol. The molecule has 0 aliphatic rings. The van der Waals surface area contributed by atoms with E-state index in [4.69, 9.17) is 21.1 Å². The van der Waals surface area contributed by atoms with Crippen molar-refractivity contribution in [3.05, 3.63) is 52.5 Å². The van der Waals surface area contributed by atoms with E-state index in [1.54, 1.807) is 38.5 Å². The molecule has 0 bridgehead atoms. The van der Waals surface area contributed by atoms with Gasteiger partial charge in [0.1, 0.15) is 22.5 Å². The Hall–Kier alpha value is -1.56. The molecule has 0 radical (unpaired) electrons. The van der Waals surface area contributed by atoms with E-state index < -0.39 is 11.0 Å². The van der Waals surface area contributed by atoms with Gasteiger partial charge in [0.25, 0.3) is 0 Å². The molecule has 118 valence electrons. The van der Waals surface area contributed by atoms with Crippen molar-refractivity contribution in [2.24, 2.45) is 0 Å². The zero-order valence-corrected chi connectivity index (χ0v) is 14.3. The topological polar surface area (TPSA) is 47.6 Å². The molecular formula is C16H18ClNO3S. The van der Waals surface area contributed by atoms with E-state index in [-0.39, 0.29) is 0 Å². The molecule has 0 fully saturated rings. The van der Waals surface area contributed by atoms with Crippen LogP contribution in [0.1, 0.15) is 11.1 Å². The second kappa shape index (κ2) is 7.63. The highest BCUT2D eigenvalue weighted by atomic mass is 35.5. The lowest BCUT2D eigenvalue weighted by molar-refractivity contribution is 0.381. The van der Waals surface area contributed by atoms with Gasteiger partial charge in [-0.3, -0.25) is 0 Å². The summed E-state index contributed by atoms with van der Waals surface area (Å²) in [5.41, 5.74) is 1.83. The monoisotopic (exact) mass is 339 g/mol. The second-order valence-electron chi connectivity index (χ2n) is 4.64. The molecule has 0 unspecified atom stereocenters. The summed E-state index contributed by atoms with van der Waals surface area (Å²) in [5, 5.41) is 0.678. The smallest absolute Gasteiger partial charge is 0.142 e. The van der Waals surface area contributed by atoms with Crippen molar-refractivity contribution in [2.75, 3.05) is 14.2 Å². The van der Waals surface area contributed by atoms with Gasteiger partial charge in [0.2, 0.25) is 0 Å². The first-order valence-corrected chi connectivity index (χ1v) is 8.21. The molecule has 6 heteroatoms. The van der Waals surface area contributed by atoms with Crippen molar-refractivity contribution in [1.29, 1.82) is 0 Å². The molecule has 2 aromatic carbocycles. The number of hydrogen-bond acceptors (Lipinski definition) is 3. The van der Waals surface area contributed by atoms with Crippen molar-refractivity contribution in [3.8, 4) is 11.5 Å². The van der Waals surface area contributed by atoms with Gasteiger partial charge in [-0.1, -0.05) is 23.7 Å². The molecule has 0 spiro atoms. The average Bonchev–Trinajstić information content (AvgIpc) is 2.53. The molecule has 0 aromatic heterocycles. The van der Waals surface area contributed by atoms with Crippen LogP contribution >= 0.6 is 11.6 Å². The zero-order chi connectivity index (χ0) is 16.1. The van der Waals surface area contributed by atoms with E-state index in [0.29, 0.717) is 28.0 Å². The summed E-state index contributed by atoms with van der Waals surface area (Å²) in [5.74, 6) is 1.27. The van der Waals surface area contributed by atoms with Crippen molar-refractivity contribution in [3.63, 3.8) is 0 Å². The maximum absolute atomic E-state index is 12.5. The third kappa shape index (κ3) is 3.80. The summed E-state index contributed by atoms with van der Waals surface area (Å²) in [6.45, 7) is 2.34. The van der Waals surface area contributed by atoms with Gasteiger partial charge >= 0.3 is 0 Å². The molecule has 22 heavy (non-hydrogen) atoms. The summed E-state index contributed by atoms with van der Waals surface area (Å²) < 4.78 is 26.1. The SMILES string of the molecule is COc1ccc([S@@](=O)NCc2ccc(Cl)cc2)c(OC)c1C. The number of methoxy groups -OCH3 is 2. The number of rotatable bonds is 6. The molecule has 2 aromatic rings. The predicted molar refractivity (Wildman–Crippen MR) is 89.0 cm³/mol. The lowest BCUT2D eigenvalue weighted by Crippen LogP contribution is -2.17. The van der Waals surface area contributed by atoms with Gasteiger partial charge in [0.05, 0.1) is 19.1 Å². The van der Waals surface area contributed by atoms with Crippen molar-refractivity contribution < 1.29 is 13.7 Å². The molecule has 1 atom stereocenters. The number of halogens is 1. The van der Waals surface area contributed by atoms with Crippen LogP contribution in [0, 0.1) is 6.92 Å². The molecule has 0 heterocycles. The fourth-order valence-electron chi connectivity index (χ4n) is 2.10. The van der Waals surface area contributed by atoms with E-state index in [2.05, 4.69) is 4.72 Å². The predicted octanol–water partition coefficient (Wildman–Crippen LogP) is 3.48. The molecule has 2 rings (SSSR count). The first kappa shape index (κ1) is 16.8. The van der Waals surface area contributed by atoms with Crippen molar-refractivity contribution >= 4 is 22.6 Å². The number of ether oxygens (including phenoxy) is 2. The first-order chi connectivity index (χ1) is 10.6. The molecule has 0 amide bonds. The highest BCUT2D eigenvalue weighted by Crippen LogP contribution is 2.32. The van der Waals surface area contributed by atoms with Crippen LogP contribution in [0.15, 0.2) is 41.3 Å². The molecule has 0 aliphatic carbocycles. The zero-order valence-electron chi connectivity index (χ0n) is 12.7. The summed E-state index contributed by atoms with van der Waals surface area (Å²) in [6, 6.07) is 10.9. The Morgan fingerprint density at radius 2 is 1.77 bits per heavy atom. The van der Waals surface area contributed by atoms with Gasteiger partial charge in [0, 0.05) is 17.1 Å². The molecule has 4 nitrogen and oxygen atoms in total. The lowest BCUT2D eigenvalue weighted by Gasteiger charge is -2.14. The molecular weight excluding hydrogens is 322 g/mol. The fourth-order valence-corrected chi connectivity index (χ4v) is 3.27. The Morgan fingerprint density at radius 1 is 1.09 bits per heavy atom. The highest BCUT2D eigenvalue weighted by molar-refractivity contribution is 7.83. The van der Waals surface area contributed by atoms with E-state index in [0.717, 1.165) is 11.1 Å². The van der Waals surface area contributed by atoms with Crippen LogP contribution in [0.4, 0.5) is 0 Å². The van der Waals surface area contributed by atoms with Gasteiger partial charge in [-0.25, -0.2) is 8.93 Å². The summed E-state index contributed by atoms with van der Waals surface area (Å²) in [4.78, 5) is 0.592. The molecule has 0 aliphatic heterocycles. The van der Waals surface area contributed by atoms with Crippen LogP contribution in [-0.4, -0.2) is 18.4 Å². The van der Waals surface area contributed by atoms with Gasteiger partial charge in [-0.05, 0) is 36.8 Å². The minimum atomic E-state index is -1.38. The summed E-state index contributed by atoms with van der Waals surface area (Å²) in [6.07, 6.45) is 0. The first-order valence-electron chi connectivity index (χ1n) is 6.68. The van der Waals surface area contributed by atoms with Crippen LogP contribution in [-0.2, 0) is 17.5 Å². The van der Waals surface area contributed by atoms with Crippen LogP contribution in [0.25, 0.3) is 0 Å². The van der Waals surface area contributed by atoms with Gasteiger partial charge in [-0.2, -0.15) is 0 Å². The third-order valence-corrected chi connectivity index (χ3v) is 4.64. The standard InChI is InChI=1S/C16H18ClNO3S/c1-11-14(20-2)8-9-15(16(11)21-3)22(19)18-10-12-4-6-13(17)7-5-12/h4-9,18H,10H2,1-3H3/t22-/m1/s1. The van der Waals surface area contributed by atoms with Crippen LogP contribution < -0.4 is 14.2 Å². The van der Waals surface area contributed by atoms with E-state index >= 15 is 0 Å². The van der Waals surface area contributed by atoms with Gasteiger partial charge in [-0.15, -0.1) is 0 Å². The molecule has 1 N–H and O–H groups in total. The molecule has 0 saturated carbocycles.